The molecule has 7 nitrogen and oxygen atoms in total. The van der Waals surface area contributed by atoms with E-state index in [1.165, 1.54) is 23.1 Å². The Hall–Kier alpha value is -3.84. The van der Waals surface area contributed by atoms with Gasteiger partial charge in [0.15, 0.2) is 5.82 Å². The van der Waals surface area contributed by atoms with E-state index in [1.807, 2.05) is 6.92 Å². The van der Waals surface area contributed by atoms with Gasteiger partial charge >= 0.3 is 6.18 Å². The Balaban J connectivity index is 1.77. The molecule has 1 amide bonds. The summed E-state index contributed by atoms with van der Waals surface area (Å²) in [6.07, 6.45) is -3.48. The zero-order valence-electron chi connectivity index (χ0n) is 19.6. The molecule has 0 unspecified atom stereocenters. The first-order valence-electron chi connectivity index (χ1n) is 11.0. The fraction of sp³-hybridized carbons (Fsp3) is 0.280. The van der Waals surface area contributed by atoms with Gasteiger partial charge in [-0.3, -0.25) is 4.79 Å². The third-order valence-electron chi connectivity index (χ3n) is 5.70. The maximum absolute atomic E-state index is 13.8. The van der Waals surface area contributed by atoms with Crippen LogP contribution in [0.1, 0.15) is 46.3 Å². The van der Waals surface area contributed by atoms with Crippen molar-refractivity contribution in [3.8, 4) is 17.5 Å². The highest BCUT2D eigenvalue weighted by molar-refractivity contribution is 6.33. The smallest absolute Gasteiger partial charge is 0.345 e. The van der Waals surface area contributed by atoms with E-state index in [0.717, 1.165) is 0 Å². The maximum Gasteiger partial charge on any atom is 0.418 e. The second kappa shape index (κ2) is 9.66. The van der Waals surface area contributed by atoms with E-state index in [9.17, 15) is 23.2 Å². The van der Waals surface area contributed by atoms with Crippen LogP contribution in [-0.4, -0.2) is 39.6 Å². The highest BCUT2D eigenvalue weighted by atomic mass is 35.5. The molecule has 0 aliphatic heterocycles. The maximum atomic E-state index is 13.8. The molecule has 11 heteroatoms. The van der Waals surface area contributed by atoms with Crippen LogP contribution in [0.15, 0.2) is 40.9 Å². The van der Waals surface area contributed by atoms with Gasteiger partial charge in [-0.15, -0.1) is 0 Å². The van der Waals surface area contributed by atoms with E-state index in [1.54, 1.807) is 42.9 Å². The zero-order valence-corrected chi connectivity index (χ0v) is 20.4. The quantitative estimate of drug-likeness (QED) is 0.317. The molecule has 0 atom stereocenters. The van der Waals surface area contributed by atoms with Crippen molar-refractivity contribution in [2.45, 2.75) is 32.5 Å². The summed E-state index contributed by atoms with van der Waals surface area (Å²) < 4.78 is 48.6. The molecule has 0 saturated heterocycles. The van der Waals surface area contributed by atoms with Crippen molar-refractivity contribution in [3.63, 3.8) is 0 Å². The number of alkyl halides is 3. The SMILES string of the molecule is CCCc1cc2c(C(F)(F)F)c(C#N)ccc2n1Cc1noc(-c2cc(C(=O)N(C)C)ccc2Cl)n1. The van der Waals surface area contributed by atoms with Crippen LogP contribution < -0.4 is 0 Å². The van der Waals surface area contributed by atoms with E-state index in [2.05, 4.69) is 10.1 Å². The van der Waals surface area contributed by atoms with E-state index in [0.29, 0.717) is 40.2 Å². The van der Waals surface area contributed by atoms with Gasteiger partial charge in [-0.25, -0.2) is 0 Å². The normalized spacial score (nSPS) is 11.6. The van der Waals surface area contributed by atoms with Crippen LogP contribution >= 0.6 is 11.6 Å². The number of rotatable bonds is 6. The zero-order chi connectivity index (χ0) is 26.2. The lowest BCUT2D eigenvalue weighted by atomic mass is 10.0. The summed E-state index contributed by atoms with van der Waals surface area (Å²) in [6.45, 7) is 1.96. The van der Waals surface area contributed by atoms with Gasteiger partial charge in [0, 0.05) is 36.3 Å². The molecule has 2 aromatic carbocycles. The van der Waals surface area contributed by atoms with E-state index < -0.39 is 17.3 Å². The van der Waals surface area contributed by atoms with E-state index in [4.69, 9.17) is 16.1 Å². The van der Waals surface area contributed by atoms with Gasteiger partial charge in [0.2, 0.25) is 0 Å². The highest BCUT2D eigenvalue weighted by Gasteiger charge is 2.36. The summed E-state index contributed by atoms with van der Waals surface area (Å²) in [7, 11) is 3.25. The van der Waals surface area contributed by atoms with Crippen LogP contribution in [0.2, 0.25) is 5.02 Å². The minimum Gasteiger partial charge on any atom is -0.345 e. The molecule has 186 valence electrons. The Bertz CT molecular complexity index is 1500. The van der Waals surface area contributed by atoms with Crippen molar-refractivity contribution >= 4 is 28.4 Å². The molecule has 0 N–H and O–H groups in total. The number of hydrogen-bond donors (Lipinski definition) is 0. The minimum absolute atomic E-state index is 0.0411. The fourth-order valence-electron chi connectivity index (χ4n) is 4.09. The van der Waals surface area contributed by atoms with Crippen molar-refractivity contribution in [2.24, 2.45) is 0 Å². The lowest BCUT2D eigenvalue weighted by Crippen LogP contribution is -2.21. The largest absolute Gasteiger partial charge is 0.418 e. The lowest BCUT2D eigenvalue weighted by Gasteiger charge is -2.11. The van der Waals surface area contributed by atoms with Crippen LogP contribution in [0.4, 0.5) is 13.2 Å². The molecule has 0 aliphatic carbocycles. The number of carbonyl (C=O) groups is 1. The number of amides is 1. The Morgan fingerprint density at radius 2 is 1.97 bits per heavy atom. The van der Waals surface area contributed by atoms with Gasteiger partial charge in [0.25, 0.3) is 11.8 Å². The van der Waals surface area contributed by atoms with E-state index in [-0.39, 0.29) is 29.6 Å². The number of carbonyl (C=O) groups excluding carboxylic acids is 1. The number of nitrogens with zero attached hydrogens (tertiary/aromatic N) is 5. The molecule has 2 aromatic heterocycles. The number of aryl methyl sites for hydroxylation is 1. The van der Waals surface area contributed by atoms with Gasteiger partial charge in [0.05, 0.1) is 34.3 Å². The predicted molar refractivity (Wildman–Crippen MR) is 128 cm³/mol. The van der Waals surface area contributed by atoms with Crippen LogP contribution in [0, 0.1) is 11.3 Å². The third-order valence-corrected chi connectivity index (χ3v) is 6.03. The lowest BCUT2D eigenvalue weighted by molar-refractivity contribution is -0.136. The summed E-state index contributed by atoms with van der Waals surface area (Å²) in [5.74, 6) is 0.0747. The second-order valence-electron chi connectivity index (χ2n) is 8.41. The molecule has 36 heavy (non-hydrogen) atoms. The van der Waals surface area contributed by atoms with Gasteiger partial charge in [-0.1, -0.05) is 30.1 Å². The molecule has 0 saturated carbocycles. The van der Waals surface area contributed by atoms with Gasteiger partial charge < -0.3 is 14.0 Å². The Morgan fingerprint density at radius 3 is 2.61 bits per heavy atom. The molecule has 0 bridgehead atoms. The van der Waals surface area contributed by atoms with Crippen molar-refractivity contribution in [1.29, 1.82) is 5.26 Å². The molecule has 0 aliphatic rings. The molecular formula is C25H21ClF3N5O2. The Morgan fingerprint density at radius 1 is 1.22 bits per heavy atom. The van der Waals surface area contributed by atoms with E-state index >= 15 is 0 Å². The number of halogens is 4. The summed E-state index contributed by atoms with van der Waals surface area (Å²) in [5.41, 5.74) is 0.324. The topological polar surface area (TPSA) is 87.9 Å². The monoisotopic (exact) mass is 515 g/mol. The van der Waals surface area contributed by atoms with Crippen molar-refractivity contribution < 1.29 is 22.5 Å². The third kappa shape index (κ3) is 4.66. The second-order valence-corrected chi connectivity index (χ2v) is 8.82. The standard InChI is InChI=1S/C25H21ClF3N5O2/c1-4-5-16-11-18-20(9-7-15(12-30)22(18)25(27,28)29)34(16)13-21-31-23(36-32-21)17-10-14(6-8-19(17)26)24(35)33(2)3/h6-11H,4-5,13H2,1-3H3. The van der Waals surface area contributed by atoms with Crippen molar-refractivity contribution in [3.05, 3.63) is 69.6 Å². The average molecular weight is 516 g/mol. The van der Waals surface area contributed by atoms with Crippen molar-refractivity contribution in [1.82, 2.24) is 19.6 Å². The molecule has 0 spiro atoms. The van der Waals surface area contributed by atoms with Crippen molar-refractivity contribution in [2.75, 3.05) is 14.1 Å². The van der Waals surface area contributed by atoms with Gasteiger partial charge in [-0.2, -0.15) is 23.4 Å². The molecular weight excluding hydrogens is 495 g/mol. The van der Waals surface area contributed by atoms with Gasteiger partial charge in [0.1, 0.15) is 0 Å². The molecule has 0 radical (unpaired) electrons. The first-order valence-corrected chi connectivity index (χ1v) is 11.4. The minimum atomic E-state index is -4.69. The summed E-state index contributed by atoms with van der Waals surface area (Å²) >= 11 is 6.31. The summed E-state index contributed by atoms with van der Waals surface area (Å²) in [4.78, 5) is 18.2. The first kappa shape index (κ1) is 25.3. The molecule has 2 heterocycles. The summed E-state index contributed by atoms with van der Waals surface area (Å²) in [6, 6.07) is 10.5. The molecule has 0 fully saturated rings. The molecule has 4 aromatic rings. The van der Waals surface area contributed by atoms with Gasteiger partial charge in [-0.05, 0) is 42.8 Å². The number of fused-ring (bicyclic) bond motifs is 1. The number of aromatic nitrogens is 3. The van der Waals surface area contributed by atoms with Crippen LogP contribution in [0.5, 0.6) is 0 Å². The average Bonchev–Trinajstić information content (AvgIpc) is 3.42. The van der Waals surface area contributed by atoms with Crippen LogP contribution in [-0.2, 0) is 19.1 Å². The van der Waals surface area contributed by atoms with Crippen LogP contribution in [0.3, 0.4) is 0 Å². The fourth-order valence-corrected chi connectivity index (χ4v) is 4.29. The Labute approximate surface area is 209 Å². The number of nitriles is 1. The summed E-state index contributed by atoms with van der Waals surface area (Å²) in [5, 5.41) is 13.5. The highest BCUT2D eigenvalue weighted by Crippen LogP contribution is 2.39. The number of benzene rings is 2. The number of hydrogen-bond acceptors (Lipinski definition) is 5. The first-order chi connectivity index (χ1) is 17.0. The Kier molecular flexibility index (Phi) is 6.78. The molecule has 4 rings (SSSR count). The predicted octanol–water partition coefficient (Wildman–Crippen LogP) is 5.94. The van der Waals surface area contributed by atoms with Crippen LogP contribution in [0.25, 0.3) is 22.4 Å².